The van der Waals surface area contributed by atoms with E-state index in [-0.39, 0.29) is 24.1 Å². The fourth-order valence-corrected chi connectivity index (χ4v) is 5.81. The maximum atomic E-state index is 13.7. The molecule has 3 aromatic rings. The summed E-state index contributed by atoms with van der Waals surface area (Å²) in [5.41, 5.74) is 6.87. The van der Waals surface area contributed by atoms with Crippen molar-refractivity contribution in [3.05, 3.63) is 53.6 Å². The number of nitrogens with one attached hydrogen (secondary N) is 2. The molecule has 1 saturated heterocycles. The highest BCUT2D eigenvalue weighted by Crippen LogP contribution is 2.41. The molecule has 0 bridgehead atoms. The van der Waals surface area contributed by atoms with Crippen molar-refractivity contribution in [3.8, 4) is 5.75 Å². The standard InChI is InChI=1S/C25H26N4O4S/c1-2-27-24(32)28-22-21(17-5-3-4-6-20(17)34-22)23(31)29-11-9-25(10-12-29)14-18(30)16-8-7-15(26)13-19(16)33-25/h3-8,13H,2,9-12,14,26H2,1H3,(H2,27,28,32). The number of nitrogen functional groups attached to an aromatic ring is 1. The topological polar surface area (TPSA) is 114 Å². The Labute approximate surface area is 201 Å². The molecule has 0 saturated carbocycles. The Bertz CT molecular complexity index is 1290. The fraction of sp³-hybridized carbons (Fsp3) is 0.320. The SMILES string of the molecule is CCNC(=O)Nc1sc2ccccc2c1C(=O)N1CCC2(CC1)CC(=O)c1ccc(N)cc1O2. The van der Waals surface area contributed by atoms with Gasteiger partial charge in [0, 0.05) is 54.3 Å². The van der Waals surface area contributed by atoms with Gasteiger partial charge in [-0.05, 0) is 25.1 Å². The predicted molar refractivity (Wildman–Crippen MR) is 133 cm³/mol. The van der Waals surface area contributed by atoms with E-state index in [1.54, 1.807) is 23.1 Å². The number of piperidine rings is 1. The lowest BCUT2D eigenvalue weighted by atomic mass is 9.82. The number of nitrogens with two attached hydrogens (primary N) is 1. The Morgan fingerprint density at radius 3 is 2.71 bits per heavy atom. The average Bonchev–Trinajstić information content (AvgIpc) is 3.16. The van der Waals surface area contributed by atoms with Crippen LogP contribution in [-0.4, -0.2) is 47.9 Å². The molecular formula is C25H26N4O4S. The highest BCUT2D eigenvalue weighted by atomic mass is 32.1. The van der Waals surface area contributed by atoms with Gasteiger partial charge < -0.3 is 20.7 Å². The van der Waals surface area contributed by atoms with Gasteiger partial charge in [-0.25, -0.2) is 4.79 Å². The summed E-state index contributed by atoms with van der Waals surface area (Å²) in [5, 5.41) is 6.90. The molecule has 176 valence electrons. The molecule has 1 fully saturated rings. The zero-order valence-electron chi connectivity index (χ0n) is 18.8. The van der Waals surface area contributed by atoms with Gasteiger partial charge >= 0.3 is 6.03 Å². The molecule has 1 spiro atoms. The first kappa shape index (κ1) is 22.2. The van der Waals surface area contributed by atoms with Gasteiger partial charge in [0.15, 0.2) is 5.78 Å². The van der Waals surface area contributed by atoms with Crippen molar-refractivity contribution in [3.63, 3.8) is 0 Å². The lowest BCUT2D eigenvalue weighted by Gasteiger charge is -2.44. The Balaban J connectivity index is 1.38. The molecule has 4 N–H and O–H groups in total. The Kier molecular flexibility index (Phi) is 5.65. The van der Waals surface area contributed by atoms with Gasteiger partial charge in [0.1, 0.15) is 16.4 Å². The molecule has 3 amide bonds. The van der Waals surface area contributed by atoms with Crippen LogP contribution in [0.2, 0.25) is 0 Å². The van der Waals surface area contributed by atoms with Crippen LogP contribution >= 0.6 is 11.3 Å². The van der Waals surface area contributed by atoms with Gasteiger partial charge in [-0.15, -0.1) is 11.3 Å². The van der Waals surface area contributed by atoms with E-state index in [1.165, 1.54) is 11.3 Å². The van der Waals surface area contributed by atoms with E-state index in [4.69, 9.17) is 10.5 Å². The van der Waals surface area contributed by atoms with Crippen LogP contribution in [0.15, 0.2) is 42.5 Å². The maximum Gasteiger partial charge on any atom is 0.319 e. The Morgan fingerprint density at radius 2 is 1.94 bits per heavy atom. The third-order valence-corrected chi connectivity index (χ3v) is 7.54. The zero-order chi connectivity index (χ0) is 23.9. The molecule has 9 heteroatoms. The maximum absolute atomic E-state index is 13.7. The van der Waals surface area contributed by atoms with Crippen LogP contribution in [0.4, 0.5) is 15.5 Å². The number of carbonyl (C=O) groups is 3. The number of anilines is 2. The lowest BCUT2D eigenvalue weighted by molar-refractivity contribution is -0.00556. The molecule has 2 aliphatic heterocycles. The summed E-state index contributed by atoms with van der Waals surface area (Å²) in [6.45, 7) is 3.23. The second-order valence-corrected chi connectivity index (χ2v) is 9.77. The molecule has 1 aromatic heterocycles. The van der Waals surface area contributed by atoms with Gasteiger partial charge in [0.25, 0.3) is 5.91 Å². The van der Waals surface area contributed by atoms with Crippen molar-refractivity contribution in [1.29, 1.82) is 0 Å². The minimum atomic E-state index is -0.631. The first-order chi connectivity index (χ1) is 16.4. The number of hydrogen-bond acceptors (Lipinski definition) is 6. The first-order valence-corrected chi connectivity index (χ1v) is 12.2. The molecule has 34 heavy (non-hydrogen) atoms. The number of amides is 3. The lowest BCUT2D eigenvalue weighted by Crippen LogP contribution is -2.52. The molecular weight excluding hydrogens is 452 g/mol. The third-order valence-electron chi connectivity index (χ3n) is 6.45. The molecule has 3 heterocycles. The number of ether oxygens (including phenoxy) is 1. The van der Waals surface area contributed by atoms with Crippen LogP contribution in [0.3, 0.4) is 0 Å². The molecule has 0 unspecified atom stereocenters. The highest BCUT2D eigenvalue weighted by Gasteiger charge is 2.44. The van der Waals surface area contributed by atoms with Crippen molar-refractivity contribution >= 4 is 49.8 Å². The quantitative estimate of drug-likeness (QED) is 0.487. The van der Waals surface area contributed by atoms with Gasteiger partial charge in [-0.3, -0.25) is 14.9 Å². The van der Waals surface area contributed by atoms with E-state index in [9.17, 15) is 14.4 Å². The van der Waals surface area contributed by atoms with E-state index in [2.05, 4.69) is 10.6 Å². The van der Waals surface area contributed by atoms with Gasteiger partial charge in [0.2, 0.25) is 0 Å². The number of likely N-dealkylation sites (tertiary alicyclic amines) is 1. The Hall–Kier alpha value is -3.59. The fourth-order valence-electron chi connectivity index (χ4n) is 4.72. The summed E-state index contributed by atoms with van der Waals surface area (Å²) < 4.78 is 7.23. The van der Waals surface area contributed by atoms with Crippen molar-refractivity contribution in [2.45, 2.75) is 31.8 Å². The summed E-state index contributed by atoms with van der Waals surface area (Å²) in [5.74, 6) is 0.428. The molecule has 2 aliphatic rings. The number of rotatable bonds is 3. The van der Waals surface area contributed by atoms with Crippen LogP contribution in [0.25, 0.3) is 10.1 Å². The van der Waals surface area contributed by atoms with E-state index in [0.29, 0.717) is 60.0 Å². The summed E-state index contributed by atoms with van der Waals surface area (Å²) >= 11 is 1.39. The monoisotopic (exact) mass is 478 g/mol. The summed E-state index contributed by atoms with van der Waals surface area (Å²) in [6.07, 6.45) is 1.37. The Morgan fingerprint density at radius 1 is 1.18 bits per heavy atom. The first-order valence-electron chi connectivity index (χ1n) is 11.4. The van der Waals surface area contributed by atoms with E-state index in [0.717, 1.165) is 10.1 Å². The zero-order valence-corrected chi connectivity index (χ0v) is 19.7. The van der Waals surface area contributed by atoms with Crippen molar-refractivity contribution in [2.24, 2.45) is 0 Å². The molecule has 8 nitrogen and oxygen atoms in total. The van der Waals surface area contributed by atoms with Crippen molar-refractivity contribution in [2.75, 3.05) is 30.7 Å². The summed E-state index contributed by atoms with van der Waals surface area (Å²) in [6, 6.07) is 12.4. The second-order valence-electron chi connectivity index (χ2n) is 8.72. The number of fused-ring (bicyclic) bond motifs is 2. The molecule has 0 aliphatic carbocycles. The van der Waals surface area contributed by atoms with Crippen LogP contribution in [0.1, 0.15) is 46.9 Å². The van der Waals surface area contributed by atoms with E-state index in [1.807, 2.05) is 31.2 Å². The predicted octanol–water partition coefficient (Wildman–Crippen LogP) is 4.27. The third kappa shape index (κ3) is 3.96. The number of ketones is 1. The van der Waals surface area contributed by atoms with Gasteiger partial charge in [0.05, 0.1) is 17.5 Å². The van der Waals surface area contributed by atoms with Crippen LogP contribution < -0.4 is 21.1 Å². The van der Waals surface area contributed by atoms with Crippen LogP contribution in [-0.2, 0) is 0 Å². The minimum Gasteiger partial charge on any atom is -0.486 e. The van der Waals surface area contributed by atoms with Crippen LogP contribution in [0.5, 0.6) is 5.75 Å². The smallest absolute Gasteiger partial charge is 0.319 e. The molecule has 5 rings (SSSR count). The van der Waals surface area contributed by atoms with E-state index < -0.39 is 5.60 Å². The largest absolute Gasteiger partial charge is 0.486 e. The van der Waals surface area contributed by atoms with Crippen molar-refractivity contribution < 1.29 is 19.1 Å². The number of benzene rings is 2. The number of urea groups is 1. The number of thiophene rings is 1. The van der Waals surface area contributed by atoms with Crippen molar-refractivity contribution in [1.82, 2.24) is 10.2 Å². The van der Waals surface area contributed by atoms with Gasteiger partial charge in [-0.2, -0.15) is 0 Å². The van der Waals surface area contributed by atoms with Crippen LogP contribution in [0, 0.1) is 0 Å². The summed E-state index contributed by atoms with van der Waals surface area (Å²) in [7, 11) is 0. The van der Waals surface area contributed by atoms with Gasteiger partial charge in [-0.1, -0.05) is 18.2 Å². The molecule has 0 atom stereocenters. The number of carbonyl (C=O) groups excluding carboxylic acids is 3. The summed E-state index contributed by atoms with van der Waals surface area (Å²) in [4.78, 5) is 40.4. The highest BCUT2D eigenvalue weighted by molar-refractivity contribution is 7.23. The van der Waals surface area contributed by atoms with E-state index >= 15 is 0 Å². The number of Topliss-reactive ketones (excluding diaryl/α,β-unsaturated/α-hetero) is 1. The minimum absolute atomic E-state index is 0.0401. The molecule has 0 radical (unpaired) electrons. The second kappa shape index (κ2) is 8.64. The number of nitrogens with zero attached hydrogens (tertiary/aromatic N) is 1. The number of hydrogen-bond donors (Lipinski definition) is 3. The normalized spacial score (nSPS) is 16.7. The average molecular weight is 479 g/mol. The molecule has 2 aromatic carbocycles.